The average molecular weight is 401 g/mol. The minimum atomic E-state index is -1.65. The average Bonchev–Trinajstić information content (AvgIpc) is 3.04. The van der Waals surface area contributed by atoms with Crippen molar-refractivity contribution in [2.24, 2.45) is 34.5 Å². The van der Waals surface area contributed by atoms with Crippen LogP contribution in [0.3, 0.4) is 0 Å². The van der Waals surface area contributed by atoms with Crippen molar-refractivity contribution in [3.63, 3.8) is 0 Å². The first-order chi connectivity index (χ1) is 13.7. The van der Waals surface area contributed by atoms with Gasteiger partial charge in [0.25, 0.3) is 6.29 Å². The number of allylic oxidation sites excluding steroid dienone is 4. The molecule has 0 aromatic carbocycles. The predicted octanol–water partition coefficient (Wildman–Crippen LogP) is 3.75. The van der Waals surface area contributed by atoms with E-state index in [1.54, 1.807) is 13.0 Å². The van der Waals surface area contributed by atoms with Crippen LogP contribution in [0.4, 0.5) is 0 Å². The first-order valence-electron chi connectivity index (χ1n) is 11.1. The van der Waals surface area contributed by atoms with Crippen LogP contribution < -0.4 is 0 Å². The Hall–Kier alpha value is -1.75. The van der Waals surface area contributed by atoms with Crippen LogP contribution in [-0.2, 0) is 19.1 Å². The molecule has 1 unspecified atom stereocenters. The summed E-state index contributed by atoms with van der Waals surface area (Å²) in [6.45, 7) is 6.12. The van der Waals surface area contributed by atoms with Crippen LogP contribution >= 0.6 is 0 Å². The molecule has 4 aliphatic carbocycles. The van der Waals surface area contributed by atoms with Gasteiger partial charge in [-0.3, -0.25) is 14.4 Å². The molecule has 5 heteroatoms. The van der Waals surface area contributed by atoms with E-state index < -0.39 is 12.3 Å². The third-order valence-corrected chi connectivity index (χ3v) is 8.68. The summed E-state index contributed by atoms with van der Waals surface area (Å²) in [5.41, 5.74) is 1.04. The lowest BCUT2D eigenvalue weighted by molar-refractivity contribution is -0.180. The molecule has 0 aromatic heterocycles. The maximum absolute atomic E-state index is 13.0. The molecule has 3 fully saturated rings. The number of aliphatic hydroxyl groups is 1. The number of rotatable bonds is 4. The number of hydrogen-bond acceptors (Lipinski definition) is 5. The zero-order valence-electron chi connectivity index (χ0n) is 17.6. The Morgan fingerprint density at radius 3 is 2.69 bits per heavy atom. The number of carbonyl (C=O) groups excluding carboxylic acids is 3. The number of ether oxygens (including phenoxy) is 1. The van der Waals surface area contributed by atoms with Gasteiger partial charge < -0.3 is 9.84 Å². The minimum Gasteiger partial charge on any atom is -0.428 e. The lowest BCUT2D eigenvalue weighted by atomic mass is 9.47. The van der Waals surface area contributed by atoms with E-state index in [-0.39, 0.29) is 34.7 Å². The highest BCUT2D eigenvalue weighted by Crippen LogP contribution is 2.66. The second kappa shape index (κ2) is 7.19. The quantitative estimate of drug-likeness (QED) is 0.574. The highest BCUT2D eigenvalue weighted by atomic mass is 16.6. The fraction of sp³-hybridized carbons (Fsp3) is 0.708. The van der Waals surface area contributed by atoms with Gasteiger partial charge in [0.15, 0.2) is 5.78 Å². The number of Topliss-reactive ketones (excluding diaryl/α,β-unsaturated/α-hetero) is 1. The maximum Gasteiger partial charge on any atom is 0.308 e. The van der Waals surface area contributed by atoms with Crippen LogP contribution in [-0.4, -0.2) is 28.9 Å². The highest BCUT2D eigenvalue weighted by molar-refractivity contribution is 6.01. The van der Waals surface area contributed by atoms with Crippen LogP contribution in [0.5, 0.6) is 0 Å². The number of ketones is 2. The molecule has 5 nitrogen and oxygen atoms in total. The molecule has 4 aliphatic rings. The number of aliphatic hydroxyl groups excluding tert-OH is 1. The first-order valence-corrected chi connectivity index (χ1v) is 11.1. The summed E-state index contributed by atoms with van der Waals surface area (Å²) in [7, 11) is 0. The van der Waals surface area contributed by atoms with Crippen LogP contribution in [0, 0.1) is 34.5 Å². The molecule has 4 rings (SSSR count). The summed E-state index contributed by atoms with van der Waals surface area (Å²) < 4.78 is 4.92. The second-order valence-corrected chi connectivity index (χ2v) is 9.88. The molecule has 0 bridgehead atoms. The summed E-state index contributed by atoms with van der Waals surface area (Å²) in [5, 5.41) is 10.2. The summed E-state index contributed by atoms with van der Waals surface area (Å²) in [6.07, 6.45) is 9.83. The van der Waals surface area contributed by atoms with Crippen LogP contribution in [0.2, 0.25) is 0 Å². The van der Waals surface area contributed by atoms with Gasteiger partial charge in [-0.15, -0.1) is 0 Å². The molecule has 0 amide bonds. The number of esters is 1. The summed E-state index contributed by atoms with van der Waals surface area (Å²) in [4.78, 5) is 36.3. The molecule has 0 aliphatic heterocycles. The Kier molecular flexibility index (Phi) is 5.09. The Morgan fingerprint density at radius 1 is 1.21 bits per heavy atom. The smallest absolute Gasteiger partial charge is 0.308 e. The molecule has 7 atom stereocenters. The van der Waals surface area contributed by atoms with E-state index in [1.165, 1.54) is 5.57 Å². The van der Waals surface area contributed by atoms with E-state index in [9.17, 15) is 19.5 Å². The normalized spacial score (nSPS) is 41.7. The first kappa shape index (κ1) is 20.5. The van der Waals surface area contributed by atoms with Crippen molar-refractivity contribution in [3.8, 4) is 0 Å². The van der Waals surface area contributed by atoms with Crippen molar-refractivity contribution < 1.29 is 24.2 Å². The molecule has 158 valence electrons. The number of hydrogen-bond donors (Lipinski definition) is 1. The van der Waals surface area contributed by atoms with Crippen molar-refractivity contribution >= 4 is 17.5 Å². The fourth-order valence-electron chi connectivity index (χ4n) is 7.10. The molecule has 0 spiro atoms. The Labute approximate surface area is 172 Å². The van der Waals surface area contributed by atoms with Gasteiger partial charge in [-0.25, -0.2) is 0 Å². The molecule has 1 N–H and O–H groups in total. The van der Waals surface area contributed by atoms with Crippen molar-refractivity contribution in [2.45, 2.75) is 72.0 Å². The third-order valence-electron chi connectivity index (χ3n) is 8.68. The van der Waals surface area contributed by atoms with E-state index in [0.29, 0.717) is 17.8 Å². The third kappa shape index (κ3) is 3.13. The van der Waals surface area contributed by atoms with E-state index in [2.05, 4.69) is 19.9 Å². The number of carbonyl (C=O) groups is 3. The van der Waals surface area contributed by atoms with Crippen LogP contribution in [0.15, 0.2) is 23.8 Å². The molecular weight excluding hydrogens is 368 g/mol. The lowest BCUT2D eigenvalue weighted by Crippen LogP contribution is -2.51. The standard InChI is InChI=1S/C24H32O5/c1-4-20(26)29-22(28)21(27)19-8-7-17-16-6-5-14-13-15(25)9-11-23(14,2)18(16)10-12-24(17,19)3/h9,11,13,16-19,22,28H,4-8,10,12H2,1-3H3/t16-,17-,18-,19+,22?,23-,24-/m0/s1. The van der Waals surface area contributed by atoms with Crippen LogP contribution in [0.25, 0.3) is 0 Å². The molecule has 3 saturated carbocycles. The Balaban J connectivity index is 1.55. The van der Waals surface area contributed by atoms with Gasteiger partial charge in [0.1, 0.15) is 0 Å². The van der Waals surface area contributed by atoms with Gasteiger partial charge in [0, 0.05) is 17.8 Å². The summed E-state index contributed by atoms with van der Waals surface area (Å²) in [6, 6.07) is 0. The van der Waals surface area contributed by atoms with Crippen LogP contribution in [0.1, 0.15) is 65.7 Å². The predicted molar refractivity (Wildman–Crippen MR) is 108 cm³/mol. The van der Waals surface area contributed by atoms with Gasteiger partial charge >= 0.3 is 5.97 Å². The topological polar surface area (TPSA) is 80.7 Å². The monoisotopic (exact) mass is 400 g/mol. The van der Waals surface area contributed by atoms with E-state index in [1.807, 2.05) is 6.08 Å². The molecule has 29 heavy (non-hydrogen) atoms. The SMILES string of the molecule is CCC(=O)OC(O)C(=O)[C@H]1CC[C@H]2[C@@H]3CCC4=CC(=O)C=C[C@]4(C)[C@H]3CC[C@]12C. The largest absolute Gasteiger partial charge is 0.428 e. The minimum absolute atomic E-state index is 0.0591. The van der Waals surface area contributed by atoms with E-state index in [0.717, 1.165) is 38.5 Å². The van der Waals surface area contributed by atoms with Crippen molar-refractivity contribution in [3.05, 3.63) is 23.8 Å². The van der Waals surface area contributed by atoms with Gasteiger partial charge in [-0.1, -0.05) is 32.4 Å². The second-order valence-electron chi connectivity index (χ2n) is 9.88. The zero-order chi connectivity index (χ0) is 21.0. The summed E-state index contributed by atoms with van der Waals surface area (Å²) >= 11 is 0. The van der Waals surface area contributed by atoms with Gasteiger partial charge in [0.05, 0.1) is 0 Å². The maximum atomic E-state index is 13.0. The molecular formula is C24H32O5. The fourth-order valence-corrected chi connectivity index (χ4v) is 7.10. The van der Waals surface area contributed by atoms with Crippen molar-refractivity contribution in [1.29, 1.82) is 0 Å². The number of fused-ring (bicyclic) bond motifs is 5. The highest BCUT2D eigenvalue weighted by Gasteiger charge is 2.60. The van der Waals surface area contributed by atoms with E-state index >= 15 is 0 Å². The van der Waals surface area contributed by atoms with Crippen molar-refractivity contribution in [2.75, 3.05) is 0 Å². The summed E-state index contributed by atoms with van der Waals surface area (Å²) in [5.74, 6) is 0.380. The van der Waals surface area contributed by atoms with Gasteiger partial charge in [0.2, 0.25) is 5.78 Å². The Morgan fingerprint density at radius 2 is 1.97 bits per heavy atom. The molecule has 0 heterocycles. The van der Waals surface area contributed by atoms with Gasteiger partial charge in [-0.2, -0.15) is 0 Å². The van der Waals surface area contributed by atoms with Gasteiger partial charge in [-0.05, 0) is 73.8 Å². The van der Waals surface area contributed by atoms with E-state index in [4.69, 9.17) is 4.74 Å². The molecule has 0 saturated heterocycles. The Bertz CT molecular complexity index is 795. The van der Waals surface area contributed by atoms with Crippen molar-refractivity contribution in [1.82, 2.24) is 0 Å². The lowest BCUT2D eigenvalue weighted by Gasteiger charge is -2.57. The molecule has 0 aromatic rings. The molecule has 0 radical (unpaired) electrons. The zero-order valence-corrected chi connectivity index (χ0v) is 17.6.